The second-order valence-electron chi connectivity index (χ2n) is 6.58. The van der Waals surface area contributed by atoms with E-state index in [4.69, 9.17) is 5.11 Å². The van der Waals surface area contributed by atoms with Gasteiger partial charge in [-0.05, 0) is 31.1 Å². The van der Waals surface area contributed by atoms with Crippen molar-refractivity contribution in [1.29, 1.82) is 0 Å². The highest BCUT2D eigenvalue weighted by Crippen LogP contribution is 2.25. The minimum absolute atomic E-state index is 0.0131. The summed E-state index contributed by atoms with van der Waals surface area (Å²) in [5, 5.41) is 11.9. The van der Waals surface area contributed by atoms with Crippen LogP contribution in [0.2, 0.25) is 0 Å². The molecule has 1 unspecified atom stereocenters. The number of carbonyl (C=O) groups excluding carboxylic acids is 1. The van der Waals surface area contributed by atoms with Gasteiger partial charge in [0.1, 0.15) is 0 Å². The first kappa shape index (κ1) is 16.1. The maximum Gasteiger partial charge on any atom is 0.317 e. The van der Waals surface area contributed by atoms with Crippen molar-refractivity contribution in [3.8, 4) is 0 Å². The lowest BCUT2D eigenvalue weighted by molar-refractivity contribution is -0.138. The van der Waals surface area contributed by atoms with Gasteiger partial charge in [0.25, 0.3) is 0 Å². The van der Waals surface area contributed by atoms with Crippen LogP contribution >= 0.6 is 0 Å². The zero-order valence-corrected chi connectivity index (χ0v) is 12.9. The molecule has 1 atom stereocenters. The van der Waals surface area contributed by atoms with Crippen LogP contribution < -0.4 is 5.32 Å². The zero-order chi connectivity index (χ0) is 15.1. The van der Waals surface area contributed by atoms with Crippen LogP contribution in [0.15, 0.2) is 0 Å². The third kappa shape index (κ3) is 5.56. The molecule has 2 amide bonds. The van der Waals surface area contributed by atoms with Crippen LogP contribution in [0.3, 0.4) is 0 Å². The lowest BCUT2D eigenvalue weighted by Crippen LogP contribution is -2.46. The number of nitrogens with one attached hydrogen (secondary N) is 1. The summed E-state index contributed by atoms with van der Waals surface area (Å²) in [5.41, 5.74) is 0. The van der Waals surface area contributed by atoms with Crippen molar-refractivity contribution >= 4 is 12.0 Å². The number of likely N-dealkylation sites (tertiary alicyclic amines) is 1. The number of carbonyl (C=O) groups is 2. The van der Waals surface area contributed by atoms with Gasteiger partial charge in [-0.1, -0.05) is 32.1 Å². The largest absolute Gasteiger partial charge is 0.481 e. The van der Waals surface area contributed by atoms with E-state index >= 15 is 0 Å². The van der Waals surface area contributed by atoms with Crippen molar-refractivity contribution < 1.29 is 14.7 Å². The Balaban J connectivity index is 1.66. The van der Waals surface area contributed by atoms with Gasteiger partial charge >= 0.3 is 12.0 Å². The van der Waals surface area contributed by atoms with Gasteiger partial charge in [-0.3, -0.25) is 4.79 Å². The average Bonchev–Trinajstić information content (AvgIpc) is 2.48. The number of urea groups is 1. The molecule has 0 aromatic rings. The second kappa shape index (κ2) is 8.25. The molecule has 5 heteroatoms. The minimum atomic E-state index is -0.764. The summed E-state index contributed by atoms with van der Waals surface area (Å²) < 4.78 is 0. The Hall–Kier alpha value is -1.26. The second-order valence-corrected chi connectivity index (χ2v) is 6.58. The third-order valence-corrected chi connectivity index (χ3v) is 4.82. The molecule has 1 saturated heterocycles. The molecular weight excluding hydrogens is 268 g/mol. The van der Waals surface area contributed by atoms with Crippen LogP contribution in [0.1, 0.15) is 57.8 Å². The molecule has 2 N–H and O–H groups in total. The SMILES string of the molecule is O=C(O)CC1CCCN(C(=O)NCCC2CCCCC2)C1. The first-order valence-electron chi connectivity index (χ1n) is 8.39. The molecule has 21 heavy (non-hydrogen) atoms. The first-order chi connectivity index (χ1) is 10.1. The normalized spacial score (nSPS) is 23.8. The molecule has 1 heterocycles. The smallest absolute Gasteiger partial charge is 0.317 e. The fourth-order valence-corrected chi connectivity index (χ4v) is 3.63. The van der Waals surface area contributed by atoms with Crippen LogP contribution in [0.4, 0.5) is 4.79 Å². The first-order valence-corrected chi connectivity index (χ1v) is 8.39. The summed E-state index contributed by atoms with van der Waals surface area (Å²) in [4.78, 5) is 24.7. The highest BCUT2D eigenvalue weighted by molar-refractivity contribution is 5.74. The highest BCUT2D eigenvalue weighted by atomic mass is 16.4. The van der Waals surface area contributed by atoms with E-state index in [1.54, 1.807) is 4.90 Å². The topological polar surface area (TPSA) is 69.6 Å². The van der Waals surface area contributed by atoms with Crippen LogP contribution in [-0.4, -0.2) is 41.6 Å². The van der Waals surface area contributed by atoms with Crippen molar-refractivity contribution in [2.24, 2.45) is 11.8 Å². The van der Waals surface area contributed by atoms with Gasteiger partial charge in [0.15, 0.2) is 0 Å². The highest BCUT2D eigenvalue weighted by Gasteiger charge is 2.25. The molecule has 0 bridgehead atoms. The van der Waals surface area contributed by atoms with Gasteiger partial charge < -0.3 is 15.3 Å². The Morgan fingerprint density at radius 2 is 1.76 bits per heavy atom. The van der Waals surface area contributed by atoms with Gasteiger partial charge in [0.05, 0.1) is 0 Å². The molecule has 1 saturated carbocycles. The van der Waals surface area contributed by atoms with Crippen molar-refractivity contribution in [3.05, 3.63) is 0 Å². The van der Waals surface area contributed by atoms with Gasteiger partial charge in [-0.2, -0.15) is 0 Å². The number of carboxylic acids is 1. The van der Waals surface area contributed by atoms with Gasteiger partial charge in [-0.15, -0.1) is 0 Å². The van der Waals surface area contributed by atoms with Crippen molar-refractivity contribution in [3.63, 3.8) is 0 Å². The monoisotopic (exact) mass is 296 g/mol. The van der Waals surface area contributed by atoms with Crippen LogP contribution in [-0.2, 0) is 4.79 Å². The number of hydrogen-bond donors (Lipinski definition) is 2. The standard InChI is InChI=1S/C16H28N2O3/c19-15(20)11-14-7-4-10-18(12-14)16(21)17-9-8-13-5-2-1-3-6-13/h13-14H,1-12H2,(H,17,21)(H,19,20). The summed E-state index contributed by atoms with van der Waals surface area (Å²) in [6, 6.07) is -0.0131. The average molecular weight is 296 g/mol. The zero-order valence-electron chi connectivity index (χ0n) is 12.9. The summed E-state index contributed by atoms with van der Waals surface area (Å²) >= 11 is 0. The number of amides is 2. The van der Waals surface area contributed by atoms with Crippen LogP contribution in [0.25, 0.3) is 0 Å². The summed E-state index contributed by atoms with van der Waals surface area (Å²) in [7, 11) is 0. The van der Waals surface area contributed by atoms with E-state index in [2.05, 4.69) is 5.32 Å². The maximum atomic E-state index is 12.1. The lowest BCUT2D eigenvalue weighted by atomic mass is 9.87. The molecule has 0 aromatic heterocycles. The van der Waals surface area contributed by atoms with Crippen LogP contribution in [0.5, 0.6) is 0 Å². The van der Waals surface area contributed by atoms with Gasteiger partial charge in [0, 0.05) is 26.1 Å². The molecule has 1 aliphatic heterocycles. The number of hydrogen-bond acceptors (Lipinski definition) is 2. The Labute approximate surface area is 127 Å². The molecule has 1 aliphatic carbocycles. The molecule has 5 nitrogen and oxygen atoms in total. The number of nitrogens with zero attached hydrogens (tertiary/aromatic N) is 1. The van der Waals surface area contributed by atoms with Gasteiger partial charge in [-0.25, -0.2) is 4.79 Å². The molecule has 2 fully saturated rings. The number of piperidine rings is 1. The molecule has 2 rings (SSSR count). The predicted molar refractivity (Wildman–Crippen MR) is 81.1 cm³/mol. The number of carboxylic acid groups (broad SMARTS) is 1. The Morgan fingerprint density at radius 1 is 1.05 bits per heavy atom. The molecule has 0 spiro atoms. The van der Waals surface area contributed by atoms with E-state index in [-0.39, 0.29) is 18.4 Å². The molecule has 0 radical (unpaired) electrons. The quantitative estimate of drug-likeness (QED) is 0.819. The Kier molecular flexibility index (Phi) is 6.33. The maximum absolute atomic E-state index is 12.1. The minimum Gasteiger partial charge on any atom is -0.481 e. The summed E-state index contributed by atoms with van der Waals surface area (Å²) in [5.74, 6) is 0.125. The van der Waals surface area contributed by atoms with E-state index < -0.39 is 5.97 Å². The summed E-state index contributed by atoms with van der Waals surface area (Å²) in [6.07, 6.45) is 9.72. The van der Waals surface area contributed by atoms with Crippen molar-refractivity contribution in [2.45, 2.75) is 57.8 Å². The number of aliphatic carboxylic acids is 1. The molecule has 120 valence electrons. The third-order valence-electron chi connectivity index (χ3n) is 4.82. The molecular formula is C16H28N2O3. The van der Waals surface area contributed by atoms with E-state index in [1.165, 1.54) is 32.1 Å². The fraction of sp³-hybridized carbons (Fsp3) is 0.875. The van der Waals surface area contributed by atoms with E-state index in [0.29, 0.717) is 6.54 Å². The fourth-order valence-electron chi connectivity index (χ4n) is 3.63. The Bertz CT molecular complexity index is 353. The van der Waals surface area contributed by atoms with Gasteiger partial charge in [0.2, 0.25) is 0 Å². The number of rotatable bonds is 5. The lowest BCUT2D eigenvalue weighted by Gasteiger charge is -2.32. The van der Waals surface area contributed by atoms with E-state index in [1.807, 2.05) is 0 Å². The Morgan fingerprint density at radius 3 is 2.48 bits per heavy atom. The van der Waals surface area contributed by atoms with E-state index in [9.17, 15) is 9.59 Å². The molecule has 0 aromatic carbocycles. The predicted octanol–water partition coefficient (Wildman–Crippen LogP) is 2.85. The summed E-state index contributed by atoms with van der Waals surface area (Å²) in [6.45, 7) is 2.09. The van der Waals surface area contributed by atoms with Crippen molar-refractivity contribution in [1.82, 2.24) is 10.2 Å². The van der Waals surface area contributed by atoms with Crippen LogP contribution in [0, 0.1) is 11.8 Å². The molecule has 2 aliphatic rings. The van der Waals surface area contributed by atoms with E-state index in [0.717, 1.165) is 38.3 Å². The van der Waals surface area contributed by atoms with Crippen molar-refractivity contribution in [2.75, 3.05) is 19.6 Å².